The van der Waals surface area contributed by atoms with Crippen LogP contribution in [-0.2, 0) is 14.3 Å². The number of nitrogens with two attached hydrogens (primary N) is 1. The van der Waals surface area contributed by atoms with Gasteiger partial charge in [-0.05, 0) is 0 Å². The first-order valence-electron chi connectivity index (χ1n) is 3.25. The molecular weight excluding hydrogens is 150 g/mol. The Morgan fingerprint density at radius 2 is 2.36 bits per heavy atom. The van der Waals surface area contributed by atoms with Crippen molar-refractivity contribution in [1.82, 2.24) is 0 Å². The van der Waals surface area contributed by atoms with Gasteiger partial charge >= 0.3 is 11.9 Å². The molecule has 0 aliphatic carbocycles. The average molecular weight is 159 g/mol. The lowest BCUT2D eigenvalue weighted by atomic mass is 9.97. The van der Waals surface area contributed by atoms with E-state index in [0.717, 1.165) is 0 Å². The van der Waals surface area contributed by atoms with Gasteiger partial charge in [-0.3, -0.25) is 9.59 Å². The third-order valence-corrected chi connectivity index (χ3v) is 1.66. The standard InChI is InChI=1S/C6H9NO4/c7-4-1-5(8)11-2-3(4)6(9)10/h3-4H,1-2,7H2,(H,9,10). The van der Waals surface area contributed by atoms with Gasteiger partial charge in [0, 0.05) is 6.04 Å². The molecule has 0 aromatic heterocycles. The summed E-state index contributed by atoms with van der Waals surface area (Å²) >= 11 is 0. The highest BCUT2D eigenvalue weighted by molar-refractivity contribution is 5.77. The van der Waals surface area contributed by atoms with Crippen molar-refractivity contribution in [2.75, 3.05) is 6.61 Å². The van der Waals surface area contributed by atoms with Crippen LogP contribution in [-0.4, -0.2) is 29.7 Å². The maximum absolute atomic E-state index is 10.5. The third kappa shape index (κ3) is 1.68. The van der Waals surface area contributed by atoms with Gasteiger partial charge in [-0.2, -0.15) is 0 Å². The van der Waals surface area contributed by atoms with Gasteiger partial charge in [0.05, 0.1) is 6.42 Å². The fourth-order valence-corrected chi connectivity index (χ4v) is 0.954. The second-order valence-electron chi connectivity index (χ2n) is 2.50. The number of rotatable bonds is 1. The molecule has 1 rings (SSSR count). The number of carbonyl (C=O) groups excluding carboxylic acids is 1. The molecule has 1 fully saturated rings. The maximum Gasteiger partial charge on any atom is 0.311 e. The molecule has 0 spiro atoms. The van der Waals surface area contributed by atoms with Crippen LogP contribution < -0.4 is 5.73 Å². The number of esters is 1. The first-order chi connectivity index (χ1) is 5.11. The average Bonchev–Trinajstić information content (AvgIpc) is 1.85. The second-order valence-corrected chi connectivity index (χ2v) is 2.50. The highest BCUT2D eigenvalue weighted by Gasteiger charge is 2.32. The van der Waals surface area contributed by atoms with E-state index in [-0.39, 0.29) is 13.0 Å². The van der Waals surface area contributed by atoms with Crippen LogP contribution in [0.3, 0.4) is 0 Å². The lowest BCUT2D eigenvalue weighted by Gasteiger charge is -2.23. The Hall–Kier alpha value is -1.10. The Morgan fingerprint density at radius 1 is 1.73 bits per heavy atom. The number of ether oxygens (including phenoxy) is 1. The molecule has 62 valence electrons. The third-order valence-electron chi connectivity index (χ3n) is 1.66. The van der Waals surface area contributed by atoms with E-state index < -0.39 is 23.9 Å². The van der Waals surface area contributed by atoms with E-state index in [9.17, 15) is 9.59 Å². The number of carboxylic acid groups (broad SMARTS) is 1. The molecule has 0 bridgehead atoms. The van der Waals surface area contributed by atoms with Crippen molar-refractivity contribution in [3.05, 3.63) is 0 Å². The highest BCUT2D eigenvalue weighted by atomic mass is 16.5. The Labute approximate surface area is 63.1 Å². The first kappa shape index (κ1) is 8.00. The van der Waals surface area contributed by atoms with Crippen molar-refractivity contribution >= 4 is 11.9 Å². The second kappa shape index (κ2) is 2.87. The van der Waals surface area contributed by atoms with Crippen LogP contribution in [0.1, 0.15) is 6.42 Å². The van der Waals surface area contributed by atoms with E-state index in [1.54, 1.807) is 0 Å². The van der Waals surface area contributed by atoms with Crippen LogP contribution >= 0.6 is 0 Å². The van der Waals surface area contributed by atoms with E-state index in [1.807, 2.05) is 0 Å². The zero-order valence-electron chi connectivity index (χ0n) is 5.82. The van der Waals surface area contributed by atoms with Gasteiger partial charge in [0.25, 0.3) is 0 Å². The minimum atomic E-state index is -1.01. The van der Waals surface area contributed by atoms with Crippen LogP contribution in [0.2, 0.25) is 0 Å². The quantitative estimate of drug-likeness (QED) is 0.477. The van der Waals surface area contributed by atoms with Gasteiger partial charge in [0.1, 0.15) is 12.5 Å². The van der Waals surface area contributed by atoms with Crippen molar-refractivity contribution < 1.29 is 19.4 Å². The first-order valence-corrected chi connectivity index (χ1v) is 3.25. The van der Waals surface area contributed by atoms with Crippen molar-refractivity contribution in [3.8, 4) is 0 Å². The molecule has 1 saturated heterocycles. The SMILES string of the molecule is NC1CC(=O)OCC1C(=O)O. The van der Waals surface area contributed by atoms with E-state index in [4.69, 9.17) is 10.8 Å². The van der Waals surface area contributed by atoms with Crippen LogP contribution in [0.25, 0.3) is 0 Å². The summed E-state index contributed by atoms with van der Waals surface area (Å²) in [6.07, 6.45) is -0.00301. The van der Waals surface area contributed by atoms with Crippen molar-refractivity contribution in [3.63, 3.8) is 0 Å². The molecule has 2 unspecified atom stereocenters. The van der Waals surface area contributed by atoms with Gasteiger partial charge in [-0.1, -0.05) is 0 Å². The summed E-state index contributed by atoms with van der Waals surface area (Å²) in [5.74, 6) is -2.17. The fourth-order valence-electron chi connectivity index (χ4n) is 0.954. The summed E-state index contributed by atoms with van der Waals surface area (Å²) in [4.78, 5) is 20.9. The smallest absolute Gasteiger partial charge is 0.311 e. The predicted octanol–water partition coefficient (Wildman–Crippen LogP) is -1.04. The summed E-state index contributed by atoms with van der Waals surface area (Å²) in [5.41, 5.74) is 5.39. The van der Waals surface area contributed by atoms with Crippen LogP contribution in [0.4, 0.5) is 0 Å². The lowest BCUT2D eigenvalue weighted by molar-refractivity contribution is -0.158. The molecule has 2 atom stereocenters. The topological polar surface area (TPSA) is 89.6 Å². The molecule has 0 radical (unpaired) electrons. The Morgan fingerprint density at radius 3 is 2.82 bits per heavy atom. The Balaban J connectivity index is 2.57. The maximum atomic E-state index is 10.5. The summed E-state index contributed by atoms with van der Waals surface area (Å²) in [6.45, 7) is -0.102. The Bertz CT molecular complexity index is 191. The molecule has 1 heterocycles. The molecule has 5 nitrogen and oxygen atoms in total. The van der Waals surface area contributed by atoms with E-state index in [0.29, 0.717) is 0 Å². The van der Waals surface area contributed by atoms with E-state index in [2.05, 4.69) is 4.74 Å². The van der Waals surface area contributed by atoms with Crippen LogP contribution in [0.5, 0.6) is 0 Å². The number of aliphatic carboxylic acids is 1. The number of cyclic esters (lactones) is 1. The van der Waals surface area contributed by atoms with Crippen molar-refractivity contribution in [1.29, 1.82) is 0 Å². The summed E-state index contributed by atoms with van der Waals surface area (Å²) in [6, 6.07) is -0.603. The van der Waals surface area contributed by atoms with Crippen LogP contribution in [0.15, 0.2) is 0 Å². The minimum absolute atomic E-state index is 0.00301. The molecule has 0 amide bonds. The van der Waals surface area contributed by atoms with E-state index >= 15 is 0 Å². The number of carbonyl (C=O) groups is 2. The molecule has 0 aromatic rings. The summed E-state index contributed by atoms with van der Waals surface area (Å²) < 4.78 is 4.52. The predicted molar refractivity (Wildman–Crippen MR) is 34.7 cm³/mol. The summed E-state index contributed by atoms with van der Waals surface area (Å²) in [5, 5.41) is 8.52. The number of hydrogen-bond donors (Lipinski definition) is 2. The van der Waals surface area contributed by atoms with Gasteiger partial charge < -0.3 is 15.6 Å². The Kier molecular flexibility index (Phi) is 2.09. The van der Waals surface area contributed by atoms with Gasteiger partial charge in [-0.25, -0.2) is 0 Å². The molecule has 11 heavy (non-hydrogen) atoms. The fraction of sp³-hybridized carbons (Fsp3) is 0.667. The molecule has 1 aliphatic rings. The summed E-state index contributed by atoms with van der Waals surface area (Å²) in [7, 11) is 0. The molecule has 0 aromatic carbocycles. The zero-order valence-corrected chi connectivity index (χ0v) is 5.82. The lowest BCUT2D eigenvalue weighted by Crippen LogP contribution is -2.44. The number of carboxylic acids is 1. The molecule has 1 aliphatic heterocycles. The largest absolute Gasteiger partial charge is 0.481 e. The van der Waals surface area contributed by atoms with Gasteiger partial charge in [0.15, 0.2) is 0 Å². The van der Waals surface area contributed by atoms with Gasteiger partial charge in [0.2, 0.25) is 0 Å². The zero-order chi connectivity index (χ0) is 8.43. The normalized spacial score (nSPS) is 31.2. The van der Waals surface area contributed by atoms with Crippen molar-refractivity contribution in [2.24, 2.45) is 11.7 Å². The van der Waals surface area contributed by atoms with Crippen LogP contribution in [0, 0.1) is 5.92 Å². The molecular formula is C6H9NO4. The van der Waals surface area contributed by atoms with Crippen molar-refractivity contribution in [2.45, 2.75) is 12.5 Å². The van der Waals surface area contributed by atoms with E-state index in [1.165, 1.54) is 0 Å². The molecule has 0 saturated carbocycles. The number of hydrogen-bond acceptors (Lipinski definition) is 4. The monoisotopic (exact) mass is 159 g/mol. The minimum Gasteiger partial charge on any atom is -0.481 e. The van der Waals surface area contributed by atoms with Gasteiger partial charge in [-0.15, -0.1) is 0 Å². The molecule has 5 heteroatoms. The molecule has 3 N–H and O–H groups in total. The highest BCUT2D eigenvalue weighted by Crippen LogP contribution is 2.13.